The van der Waals surface area contributed by atoms with Crippen LogP contribution in [-0.4, -0.2) is 16.8 Å². The average Bonchev–Trinajstić information content (AvgIpc) is 2.37. The third-order valence-electron chi connectivity index (χ3n) is 4.15. The molecule has 0 heterocycles. The Morgan fingerprint density at radius 2 is 1.89 bits per heavy atom. The highest BCUT2D eigenvalue weighted by Crippen LogP contribution is 2.48. The van der Waals surface area contributed by atoms with Crippen LogP contribution in [0.2, 0.25) is 0 Å². The summed E-state index contributed by atoms with van der Waals surface area (Å²) in [5.41, 5.74) is 8.03. The second kappa shape index (κ2) is 5.10. The summed E-state index contributed by atoms with van der Waals surface area (Å²) in [5.74, 6) is -0.153. The lowest BCUT2D eigenvalue weighted by atomic mass is 9.68. The number of phenols is 2. The minimum Gasteiger partial charge on any atom is -0.504 e. The molecule has 1 saturated carbocycles. The van der Waals surface area contributed by atoms with E-state index in [0.717, 1.165) is 24.0 Å². The van der Waals surface area contributed by atoms with Crippen LogP contribution < -0.4 is 5.73 Å². The lowest BCUT2D eigenvalue weighted by molar-refractivity contribution is 0.296. The number of rotatable bonds is 2. The van der Waals surface area contributed by atoms with Gasteiger partial charge in [-0.05, 0) is 52.9 Å². The minimum absolute atomic E-state index is 0.0631. The minimum atomic E-state index is -0.0777. The third-order valence-corrected chi connectivity index (χ3v) is 4.92. The smallest absolute Gasteiger partial charge is 0.172 e. The van der Waals surface area contributed by atoms with E-state index in [1.807, 2.05) is 6.92 Å². The molecule has 18 heavy (non-hydrogen) atoms. The Balaban J connectivity index is 2.58. The average molecular weight is 314 g/mol. The molecule has 1 aliphatic carbocycles. The number of hydrogen-bond acceptors (Lipinski definition) is 3. The molecule has 0 radical (unpaired) electrons. The summed E-state index contributed by atoms with van der Waals surface area (Å²) < 4.78 is 0.604. The van der Waals surface area contributed by atoms with Crippen LogP contribution >= 0.6 is 15.9 Å². The molecule has 1 fully saturated rings. The quantitative estimate of drug-likeness (QED) is 0.734. The van der Waals surface area contributed by atoms with Crippen molar-refractivity contribution in [2.45, 2.75) is 44.4 Å². The monoisotopic (exact) mass is 313 g/mol. The second-order valence-corrected chi connectivity index (χ2v) is 6.09. The van der Waals surface area contributed by atoms with Gasteiger partial charge in [0.05, 0.1) is 4.47 Å². The van der Waals surface area contributed by atoms with Crippen LogP contribution in [0.1, 0.15) is 43.2 Å². The lowest BCUT2D eigenvalue weighted by Crippen LogP contribution is -2.38. The van der Waals surface area contributed by atoms with E-state index in [1.165, 1.54) is 19.3 Å². The molecule has 0 amide bonds. The Hall–Kier alpha value is -0.740. The number of aromatic hydroxyl groups is 2. The van der Waals surface area contributed by atoms with Gasteiger partial charge >= 0.3 is 0 Å². The molecule has 0 bridgehead atoms. The molecule has 1 aromatic carbocycles. The van der Waals surface area contributed by atoms with E-state index in [2.05, 4.69) is 15.9 Å². The van der Waals surface area contributed by atoms with E-state index in [9.17, 15) is 10.2 Å². The van der Waals surface area contributed by atoms with Crippen LogP contribution in [0.3, 0.4) is 0 Å². The Labute approximate surface area is 116 Å². The summed E-state index contributed by atoms with van der Waals surface area (Å²) in [5, 5.41) is 19.6. The van der Waals surface area contributed by atoms with Gasteiger partial charge in [0.25, 0.3) is 0 Å². The highest BCUT2D eigenvalue weighted by atomic mass is 79.9. The maximum atomic E-state index is 9.91. The second-order valence-electron chi connectivity index (χ2n) is 5.30. The van der Waals surface area contributed by atoms with Crippen molar-refractivity contribution in [3.8, 4) is 11.5 Å². The summed E-state index contributed by atoms with van der Waals surface area (Å²) in [6, 6.07) is 1.63. The van der Waals surface area contributed by atoms with Crippen molar-refractivity contribution in [2.75, 3.05) is 6.54 Å². The molecule has 0 unspecified atom stereocenters. The molecule has 0 aromatic heterocycles. The van der Waals surface area contributed by atoms with Crippen LogP contribution in [0, 0.1) is 6.92 Å². The van der Waals surface area contributed by atoms with Gasteiger partial charge in [-0.25, -0.2) is 0 Å². The number of aryl methyl sites for hydroxylation is 1. The SMILES string of the molecule is Cc1cc(O)c(O)c(Br)c1C1(CN)CCCCC1. The van der Waals surface area contributed by atoms with Crippen LogP contribution in [0.25, 0.3) is 0 Å². The molecule has 0 aliphatic heterocycles. The van der Waals surface area contributed by atoms with Crippen molar-refractivity contribution in [3.63, 3.8) is 0 Å². The molecule has 0 atom stereocenters. The van der Waals surface area contributed by atoms with Crippen molar-refractivity contribution in [1.82, 2.24) is 0 Å². The van der Waals surface area contributed by atoms with Crippen molar-refractivity contribution in [3.05, 3.63) is 21.7 Å². The van der Waals surface area contributed by atoms with Gasteiger partial charge in [0.1, 0.15) is 0 Å². The maximum absolute atomic E-state index is 9.91. The fourth-order valence-corrected chi connectivity index (χ4v) is 4.12. The Morgan fingerprint density at radius 3 is 2.44 bits per heavy atom. The van der Waals surface area contributed by atoms with Crippen molar-refractivity contribution < 1.29 is 10.2 Å². The van der Waals surface area contributed by atoms with Gasteiger partial charge in [0.2, 0.25) is 0 Å². The highest BCUT2D eigenvalue weighted by molar-refractivity contribution is 9.10. The first-order chi connectivity index (χ1) is 8.52. The molecule has 3 nitrogen and oxygen atoms in total. The number of benzene rings is 1. The summed E-state index contributed by atoms with van der Waals surface area (Å²) in [6.07, 6.45) is 5.69. The molecule has 2 rings (SSSR count). The predicted molar refractivity (Wildman–Crippen MR) is 76.0 cm³/mol. The predicted octanol–water partition coefficient (Wildman–Crippen LogP) is 3.33. The van der Waals surface area contributed by atoms with E-state index in [0.29, 0.717) is 11.0 Å². The van der Waals surface area contributed by atoms with Crippen molar-refractivity contribution >= 4 is 15.9 Å². The zero-order valence-corrected chi connectivity index (χ0v) is 12.3. The Morgan fingerprint density at radius 1 is 1.28 bits per heavy atom. The maximum Gasteiger partial charge on any atom is 0.172 e. The first-order valence-corrected chi connectivity index (χ1v) is 7.23. The molecule has 0 spiro atoms. The fraction of sp³-hybridized carbons (Fsp3) is 0.571. The Kier molecular flexibility index (Phi) is 3.87. The number of halogens is 1. The van der Waals surface area contributed by atoms with Crippen LogP contribution in [0.4, 0.5) is 0 Å². The van der Waals surface area contributed by atoms with Gasteiger partial charge in [0.15, 0.2) is 11.5 Å². The molecular weight excluding hydrogens is 294 g/mol. The molecule has 4 heteroatoms. The first kappa shape index (κ1) is 13.7. The number of nitrogens with two attached hydrogens (primary N) is 1. The van der Waals surface area contributed by atoms with Crippen molar-refractivity contribution in [1.29, 1.82) is 0 Å². The lowest BCUT2D eigenvalue weighted by Gasteiger charge is -2.38. The standard InChI is InChI=1S/C14H20BrNO2/c1-9-7-10(17)13(18)12(15)11(9)14(8-16)5-3-2-4-6-14/h7,17-18H,2-6,8,16H2,1H3. The van der Waals surface area contributed by atoms with E-state index in [-0.39, 0.29) is 16.9 Å². The van der Waals surface area contributed by atoms with E-state index >= 15 is 0 Å². The summed E-state index contributed by atoms with van der Waals surface area (Å²) in [7, 11) is 0. The van der Waals surface area contributed by atoms with Gasteiger partial charge in [-0.15, -0.1) is 0 Å². The zero-order chi connectivity index (χ0) is 13.3. The van der Waals surface area contributed by atoms with E-state index < -0.39 is 0 Å². The molecule has 1 aliphatic rings. The topological polar surface area (TPSA) is 66.5 Å². The summed E-state index contributed by atoms with van der Waals surface area (Å²) >= 11 is 3.43. The van der Waals surface area contributed by atoms with Gasteiger partial charge in [0, 0.05) is 12.0 Å². The molecule has 0 saturated heterocycles. The molecule has 100 valence electrons. The van der Waals surface area contributed by atoms with E-state index in [4.69, 9.17) is 5.73 Å². The number of phenolic OH excluding ortho intramolecular Hbond substituents is 2. The van der Waals surface area contributed by atoms with Crippen molar-refractivity contribution in [2.24, 2.45) is 5.73 Å². The number of hydrogen-bond donors (Lipinski definition) is 3. The molecule has 1 aromatic rings. The van der Waals surface area contributed by atoms with Crippen LogP contribution in [0.5, 0.6) is 11.5 Å². The normalized spacial score (nSPS) is 18.8. The van der Waals surface area contributed by atoms with Gasteiger partial charge in [-0.3, -0.25) is 0 Å². The zero-order valence-electron chi connectivity index (χ0n) is 10.7. The largest absolute Gasteiger partial charge is 0.504 e. The highest BCUT2D eigenvalue weighted by Gasteiger charge is 2.36. The third kappa shape index (κ3) is 2.12. The summed E-state index contributed by atoms with van der Waals surface area (Å²) in [4.78, 5) is 0. The van der Waals surface area contributed by atoms with Gasteiger partial charge in [-0.1, -0.05) is 19.3 Å². The van der Waals surface area contributed by atoms with Gasteiger partial charge < -0.3 is 15.9 Å². The molecular formula is C14H20BrNO2. The van der Waals surface area contributed by atoms with Crippen LogP contribution in [-0.2, 0) is 5.41 Å². The first-order valence-electron chi connectivity index (χ1n) is 6.43. The fourth-order valence-electron chi connectivity index (χ4n) is 3.19. The summed E-state index contributed by atoms with van der Waals surface area (Å²) in [6.45, 7) is 2.54. The van der Waals surface area contributed by atoms with Crippen LogP contribution in [0.15, 0.2) is 10.5 Å². The van der Waals surface area contributed by atoms with Gasteiger partial charge in [-0.2, -0.15) is 0 Å². The Bertz CT molecular complexity index is 454. The van der Waals surface area contributed by atoms with E-state index in [1.54, 1.807) is 6.07 Å². The molecule has 4 N–H and O–H groups in total.